The maximum absolute atomic E-state index is 12.8. The van der Waals surface area contributed by atoms with Gasteiger partial charge in [-0.1, -0.05) is 30.3 Å². The summed E-state index contributed by atoms with van der Waals surface area (Å²) in [7, 11) is 1.25. The third-order valence-corrected chi connectivity index (χ3v) is 4.35. The molecule has 148 valence electrons. The van der Waals surface area contributed by atoms with Gasteiger partial charge in [0.15, 0.2) is 0 Å². The van der Waals surface area contributed by atoms with E-state index in [-0.39, 0.29) is 24.3 Å². The zero-order valence-corrected chi connectivity index (χ0v) is 15.8. The molecule has 0 aliphatic heterocycles. The molecule has 2 aromatic carbocycles. The van der Waals surface area contributed by atoms with E-state index in [1.165, 1.54) is 23.8 Å². The SMILES string of the molecule is C=CCn1c(=O)c2ccccc2n(CC(=O)Nc2ccccc2C(=O)OC)c1=O. The summed E-state index contributed by atoms with van der Waals surface area (Å²) in [5.74, 6) is -1.12. The van der Waals surface area contributed by atoms with Crippen LogP contribution in [0.5, 0.6) is 0 Å². The van der Waals surface area contributed by atoms with Crippen molar-refractivity contribution in [2.24, 2.45) is 0 Å². The lowest BCUT2D eigenvalue weighted by Gasteiger charge is -2.14. The van der Waals surface area contributed by atoms with Gasteiger partial charge in [0.2, 0.25) is 5.91 Å². The number of nitrogens with one attached hydrogen (secondary N) is 1. The van der Waals surface area contributed by atoms with Crippen molar-refractivity contribution in [2.45, 2.75) is 13.1 Å². The quantitative estimate of drug-likeness (QED) is 0.508. The molecule has 8 heteroatoms. The Kier molecular flexibility index (Phi) is 5.73. The Labute approximate surface area is 165 Å². The first-order valence-electron chi connectivity index (χ1n) is 8.78. The number of fused-ring (bicyclic) bond motifs is 1. The Bertz CT molecular complexity index is 1220. The Hall–Kier alpha value is -3.94. The van der Waals surface area contributed by atoms with Gasteiger partial charge in [-0.2, -0.15) is 0 Å². The molecule has 29 heavy (non-hydrogen) atoms. The summed E-state index contributed by atoms with van der Waals surface area (Å²) in [6.07, 6.45) is 1.44. The fraction of sp³-hybridized carbons (Fsp3) is 0.143. The van der Waals surface area contributed by atoms with Crippen molar-refractivity contribution in [1.82, 2.24) is 9.13 Å². The number of benzene rings is 2. The Balaban J connectivity index is 2.02. The van der Waals surface area contributed by atoms with Crippen LogP contribution in [0, 0.1) is 0 Å². The predicted molar refractivity (Wildman–Crippen MR) is 109 cm³/mol. The third-order valence-electron chi connectivity index (χ3n) is 4.35. The molecule has 0 saturated heterocycles. The number of para-hydroxylation sites is 2. The van der Waals surface area contributed by atoms with Gasteiger partial charge in [0.25, 0.3) is 5.56 Å². The molecule has 1 N–H and O–H groups in total. The summed E-state index contributed by atoms with van der Waals surface area (Å²) in [6, 6.07) is 12.9. The molecule has 1 amide bonds. The normalized spacial score (nSPS) is 10.5. The third kappa shape index (κ3) is 3.86. The monoisotopic (exact) mass is 393 g/mol. The molecule has 0 aliphatic rings. The van der Waals surface area contributed by atoms with Crippen LogP contribution in [-0.2, 0) is 22.6 Å². The molecule has 0 radical (unpaired) electrons. The van der Waals surface area contributed by atoms with Crippen molar-refractivity contribution in [2.75, 3.05) is 12.4 Å². The molecule has 0 fully saturated rings. The van der Waals surface area contributed by atoms with Crippen LogP contribution >= 0.6 is 0 Å². The number of rotatable bonds is 6. The first-order chi connectivity index (χ1) is 14.0. The van der Waals surface area contributed by atoms with Gasteiger partial charge in [0.05, 0.1) is 29.3 Å². The lowest BCUT2D eigenvalue weighted by Crippen LogP contribution is -2.41. The maximum Gasteiger partial charge on any atom is 0.339 e. The molecule has 1 heterocycles. The highest BCUT2D eigenvalue weighted by atomic mass is 16.5. The summed E-state index contributed by atoms with van der Waals surface area (Å²) in [5.41, 5.74) is -0.263. The Morgan fingerprint density at radius 2 is 1.76 bits per heavy atom. The number of amides is 1. The van der Waals surface area contributed by atoms with Gasteiger partial charge >= 0.3 is 11.7 Å². The van der Waals surface area contributed by atoms with Crippen molar-refractivity contribution >= 4 is 28.5 Å². The maximum atomic E-state index is 12.8. The minimum atomic E-state index is -0.620. The average Bonchev–Trinajstić information content (AvgIpc) is 2.74. The first kappa shape index (κ1) is 19.8. The zero-order chi connectivity index (χ0) is 21.0. The molecule has 1 aromatic heterocycles. The standard InChI is InChI=1S/C21H19N3O5/c1-3-12-23-19(26)15-9-5-7-11-17(15)24(21(23)28)13-18(25)22-16-10-6-4-8-14(16)20(27)29-2/h3-11H,1,12-13H2,2H3,(H,22,25). The zero-order valence-electron chi connectivity index (χ0n) is 15.8. The van der Waals surface area contributed by atoms with Gasteiger partial charge in [-0.15, -0.1) is 6.58 Å². The van der Waals surface area contributed by atoms with Crippen molar-refractivity contribution in [3.63, 3.8) is 0 Å². The van der Waals surface area contributed by atoms with Crippen LogP contribution in [0.2, 0.25) is 0 Å². The van der Waals surface area contributed by atoms with E-state index < -0.39 is 23.1 Å². The number of hydrogen-bond donors (Lipinski definition) is 1. The van der Waals surface area contributed by atoms with Crippen LogP contribution < -0.4 is 16.6 Å². The minimum Gasteiger partial charge on any atom is -0.465 e. The van der Waals surface area contributed by atoms with Crippen LogP contribution in [0.25, 0.3) is 10.9 Å². The van der Waals surface area contributed by atoms with E-state index in [4.69, 9.17) is 4.74 Å². The average molecular weight is 393 g/mol. The van der Waals surface area contributed by atoms with Gasteiger partial charge in [0, 0.05) is 6.54 Å². The van der Waals surface area contributed by atoms with Crippen molar-refractivity contribution < 1.29 is 14.3 Å². The number of esters is 1. The lowest BCUT2D eigenvalue weighted by molar-refractivity contribution is -0.116. The number of methoxy groups -OCH3 is 1. The second kappa shape index (κ2) is 8.39. The number of anilines is 1. The first-order valence-corrected chi connectivity index (χ1v) is 8.78. The molecular weight excluding hydrogens is 374 g/mol. The minimum absolute atomic E-state index is 0.0231. The van der Waals surface area contributed by atoms with E-state index >= 15 is 0 Å². The fourth-order valence-electron chi connectivity index (χ4n) is 3.03. The molecule has 0 aliphatic carbocycles. The molecular formula is C21H19N3O5. The van der Waals surface area contributed by atoms with Crippen LogP contribution in [0.15, 0.2) is 70.8 Å². The van der Waals surface area contributed by atoms with Gasteiger partial charge < -0.3 is 10.1 Å². The number of carbonyl (C=O) groups is 2. The number of ether oxygens (including phenoxy) is 1. The van der Waals surface area contributed by atoms with Crippen molar-refractivity contribution in [1.29, 1.82) is 0 Å². The summed E-state index contributed by atoms with van der Waals surface area (Å²) in [4.78, 5) is 49.9. The Morgan fingerprint density at radius 3 is 2.48 bits per heavy atom. The van der Waals surface area contributed by atoms with Crippen LogP contribution in [0.4, 0.5) is 5.69 Å². The number of carbonyl (C=O) groups excluding carboxylic acids is 2. The van der Waals surface area contributed by atoms with E-state index in [9.17, 15) is 19.2 Å². The van der Waals surface area contributed by atoms with Gasteiger partial charge in [-0.25, -0.2) is 9.59 Å². The van der Waals surface area contributed by atoms with Gasteiger partial charge in [0.1, 0.15) is 6.54 Å². The topological polar surface area (TPSA) is 99.4 Å². The summed E-state index contributed by atoms with van der Waals surface area (Å²) < 4.78 is 6.95. The molecule has 3 aromatic rings. The molecule has 0 bridgehead atoms. The second-order valence-corrected chi connectivity index (χ2v) is 6.18. The second-order valence-electron chi connectivity index (χ2n) is 6.18. The van der Waals surface area contributed by atoms with E-state index in [1.54, 1.807) is 42.5 Å². The summed E-state index contributed by atoms with van der Waals surface area (Å²) >= 11 is 0. The van der Waals surface area contributed by atoms with Crippen molar-refractivity contribution in [3.8, 4) is 0 Å². The van der Waals surface area contributed by atoms with Gasteiger partial charge in [-0.05, 0) is 24.3 Å². The highest BCUT2D eigenvalue weighted by Crippen LogP contribution is 2.16. The molecule has 0 atom stereocenters. The predicted octanol–water partition coefficient (Wildman–Crippen LogP) is 1.77. The van der Waals surface area contributed by atoms with E-state index in [2.05, 4.69) is 11.9 Å². The largest absolute Gasteiger partial charge is 0.465 e. The fourth-order valence-corrected chi connectivity index (χ4v) is 3.03. The van der Waals surface area contributed by atoms with Crippen LogP contribution in [0.3, 0.4) is 0 Å². The van der Waals surface area contributed by atoms with Crippen molar-refractivity contribution in [3.05, 3.63) is 87.6 Å². The molecule has 0 saturated carbocycles. The summed E-state index contributed by atoms with van der Waals surface area (Å²) in [5, 5.41) is 2.94. The number of allylic oxidation sites excluding steroid dienone is 1. The molecule has 3 rings (SSSR count). The molecule has 0 unspecified atom stereocenters. The highest BCUT2D eigenvalue weighted by Gasteiger charge is 2.17. The van der Waals surface area contributed by atoms with E-state index in [0.29, 0.717) is 10.9 Å². The van der Waals surface area contributed by atoms with E-state index in [0.717, 1.165) is 4.57 Å². The highest BCUT2D eigenvalue weighted by molar-refractivity contribution is 6.01. The summed E-state index contributed by atoms with van der Waals surface area (Å²) in [6.45, 7) is 3.25. The molecule has 8 nitrogen and oxygen atoms in total. The van der Waals surface area contributed by atoms with Crippen LogP contribution in [0.1, 0.15) is 10.4 Å². The number of hydrogen-bond acceptors (Lipinski definition) is 5. The number of aromatic nitrogens is 2. The number of nitrogens with zero attached hydrogens (tertiary/aromatic N) is 2. The molecule has 0 spiro atoms. The van der Waals surface area contributed by atoms with Crippen LogP contribution in [-0.4, -0.2) is 28.1 Å². The lowest BCUT2D eigenvalue weighted by atomic mass is 10.2. The van der Waals surface area contributed by atoms with E-state index in [1.807, 2.05) is 0 Å². The van der Waals surface area contributed by atoms with Gasteiger partial charge in [-0.3, -0.25) is 18.7 Å². The Morgan fingerprint density at radius 1 is 1.07 bits per heavy atom. The smallest absolute Gasteiger partial charge is 0.339 e.